The fraction of sp³-hybridized carbons (Fsp3) is 0.135. The number of anilines is 2. The number of hydrogen-bond donors (Lipinski definition) is 3. The molecule has 250 valence electrons. The summed E-state index contributed by atoms with van der Waals surface area (Å²) in [5.74, 6) is 0.563. The highest BCUT2D eigenvalue weighted by Gasteiger charge is 2.19. The van der Waals surface area contributed by atoms with Crippen molar-refractivity contribution in [2.75, 3.05) is 32.0 Å². The maximum absolute atomic E-state index is 13.5. The topological polar surface area (TPSA) is 128 Å². The van der Waals surface area contributed by atoms with Gasteiger partial charge in [-0.15, -0.1) is 23.1 Å². The van der Waals surface area contributed by atoms with Crippen molar-refractivity contribution in [2.45, 2.75) is 17.1 Å². The molecule has 5 aromatic rings. The van der Waals surface area contributed by atoms with Crippen LogP contribution in [0, 0.1) is 0 Å². The van der Waals surface area contributed by atoms with Crippen LogP contribution in [0.3, 0.4) is 0 Å². The van der Waals surface area contributed by atoms with Crippen LogP contribution < -0.4 is 30.2 Å². The number of carbonyl (C=O) groups excluding carboxylic acids is 3. The van der Waals surface area contributed by atoms with Crippen LogP contribution >= 0.6 is 23.1 Å². The van der Waals surface area contributed by atoms with Gasteiger partial charge in [-0.1, -0.05) is 36.4 Å². The van der Waals surface area contributed by atoms with Crippen molar-refractivity contribution in [3.05, 3.63) is 119 Å². The molecule has 3 N–H and O–H groups in total. The molecule has 1 heterocycles. The predicted octanol–water partition coefficient (Wildman–Crippen LogP) is 7.36. The first-order chi connectivity index (χ1) is 23.8. The molecule has 0 aliphatic rings. The first-order valence-electron chi connectivity index (χ1n) is 15.1. The second-order valence-corrected chi connectivity index (χ2v) is 12.7. The van der Waals surface area contributed by atoms with Gasteiger partial charge in [-0.25, -0.2) is 4.98 Å². The summed E-state index contributed by atoms with van der Waals surface area (Å²) >= 11 is 2.71. The lowest BCUT2D eigenvalue weighted by Gasteiger charge is -2.13. The van der Waals surface area contributed by atoms with Crippen LogP contribution in [0.5, 0.6) is 17.2 Å². The summed E-state index contributed by atoms with van der Waals surface area (Å²) in [4.78, 5) is 44.9. The fourth-order valence-electron chi connectivity index (χ4n) is 4.64. The maximum Gasteiger partial charge on any atom is 0.272 e. The van der Waals surface area contributed by atoms with E-state index >= 15 is 0 Å². The third-order valence-electron chi connectivity index (χ3n) is 7.16. The van der Waals surface area contributed by atoms with Crippen molar-refractivity contribution in [3.63, 3.8) is 0 Å². The largest absolute Gasteiger partial charge is 0.496 e. The molecule has 12 heteroatoms. The molecule has 1 unspecified atom stereocenters. The molecule has 3 amide bonds. The van der Waals surface area contributed by atoms with Gasteiger partial charge in [0.05, 0.1) is 32.3 Å². The molecule has 10 nitrogen and oxygen atoms in total. The second-order valence-electron chi connectivity index (χ2n) is 10.5. The van der Waals surface area contributed by atoms with Crippen LogP contribution in [-0.4, -0.2) is 49.3 Å². The van der Waals surface area contributed by atoms with Gasteiger partial charge in [0.2, 0.25) is 5.91 Å². The molecule has 1 aromatic heterocycles. The minimum atomic E-state index is -0.525. The SMILES string of the molecule is COc1ccc(/C=C(\NC(=O)c2ccccc2)C(=O)Nc2ccc(SC(C)C(=O)Nc3nc(-c4ccccc4OC)cs3)cc2)cc1OC. The van der Waals surface area contributed by atoms with Crippen molar-refractivity contribution in [2.24, 2.45) is 0 Å². The van der Waals surface area contributed by atoms with E-state index in [9.17, 15) is 14.4 Å². The van der Waals surface area contributed by atoms with Crippen LogP contribution in [0.1, 0.15) is 22.8 Å². The number of benzene rings is 4. The minimum Gasteiger partial charge on any atom is -0.496 e. The van der Waals surface area contributed by atoms with Crippen LogP contribution in [0.25, 0.3) is 17.3 Å². The van der Waals surface area contributed by atoms with Crippen LogP contribution in [0.2, 0.25) is 0 Å². The van der Waals surface area contributed by atoms with E-state index in [-0.39, 0.29) is 11.6 Å². The molecule has 1 atom stereocenters. The van der Waals surface area contributed by atoms with Crippen LogP contribution in [0.15, 0.2) is 113 Å². The van der Waals surface area contributed by atoms with E-state index in [4.69, 9.17) is 14.2 Å². The number of hydrogen-bond acceptors (Lipinski definition) is 9. The molecule has 0 saturated carbocycles. The quantitative estimate of drug-likeness (QED) is 0.0862. The van der Waals surface area contributed by atoms with Gasteiger partial charge in [-0.05, 0) is 79.2 Å². The zero-order valence-corrected chi connectivity index (χ0v) is 28.8. The van der Waals surface area contributed by atoms with Gasteiger partial charge in [0.15, 0.2) is 16.6 Å². The number of methoxy groups -OCH3 is 3. The lowest BCUT2D eigenvalue weighted by Crippen LogP contribution is -2.30. The van der Waals surface area contributed by atoms with E-state index in [1.54, 1.807) is 73.8 Å². The molecule has 0 bridgehead atoms. The van der Waals surface area contributed by atoms with Gasteiger partial charge in [0.25, 0.3) is 11.8 Å². The summed E-state index contributed by atoms with van der Waals surface area (Å²) in [6, 6.07) is 28.5. The Hall–Kier alpha value is -5.59. The Morgan fingerprint density at radius 2 is 1.49 bits per heavy atom. The number of thioether (sulfide) groups is 1. The van der Waals surface area contributed by atoms with Crippen LogP contribution in [-0.2, 0) is 9.59 Å². The molecule has 0 aliphatic heterocycles. The Labute approximate surface area is 292 Å². The molecule has 4 aromatic carbocycles. The van der Waals surface area contributed by atoms with Crippen molar-refractivity contribution in [3.8, 4) is 28.5 Å². The summed E-state index contributed by atoms with van der Waals surface area (Å²) in [6.45, 7) is 1.81. The lowest BCUT2D eigenvalue weighted by molar-refractivity contribution is -0.115. The van der Waals surface area contributed by atoms with Crippen molar-refractivity contribution >= 4 is 57.7 Å². The Bertz CT molecular complexity index is 1960. The highest BCUT2D eigenvalue weighted by Crippen LogP contribution is 2.33. The minimum absolute atomic E-state index is 0.0286. The van der Waals surface area contributed by atoms with Gasteiger partial charge in [0.1, 0.15) is 11.4 Å². The molecule has 0 saturated heterocycles. The average Bonchev–Trinajstić information content (AvgIpc) is 3.60. The van der Waals surface area contributed by atoms with Crippen molar-refractivity contribution in [1.82, 2.24) is 10.3 Å². The Balaban J connectivity index is 1.24. The van der Waals surface area contributed by atoms with E-state index in [1.165, 1.54) is 37.3 Å². The van der Waals surface area contributed by atoms with Gasteiger partial charge in [-0.2, -0.15) is 0 Å². The first-order valence-corrected chi connectivity index (χ1v) is 16.8. The molecule has 0 spiro atoms. The number of amides is 3. The van der Waals surface area contributed by atoms with Gasteiger partial charge in [0, 0.05) is 27.1 Å². The zero-order valence-electron chi connectivity index (χ0n) is 27.2. The summed E-state index contributed by atoms with van der Waals surface area (Å²) in [7, 11) is 4.66. The van der Waals surface area contributed by atoms with Gasteiger partial charge >= 0.3 is 0 Å². The van der Waals surface area contributed by atoms with Crippen molar-refractivity contribution < 1.29 is 28.6 Å². The van der Waals surface area contributed by atoms with E-state index < -0.39 is 17.1 Å². The fourth-order valence-corrected chi connectivity index (χ4v) is 6.22. The lowest BCUT2D eigenvalue weighted by atomic mass is 10.1. The van der Waals surface area contributed by atoms with E-state index in [1.807, 2.05) is 48.7 Å². The number of ether oxygens (including phenoxy) is 3. The van der Waals surface area contributed by atoms with E-state index in [2.05, 4.69) is 20.9 Å². The van der Waals surface area contributed by atoms with E-state index in [0.29, 0.717) is 39.2 Å². The highest BCUT2D eigenvalue weighted by atomic mass is 32.2. The summed E-state index contributed by atoms with van der Waals surface area (Å²) < 4.78 is 16.1. The normalized spacial score (nSPS) is 11.6. The molecule has 0 radical (unpaired) electrons. The highest BCUT2D eigenvalue weighted by molar-refractivity contribution is 8.00. The number of thiazole rings is 1. The third kappa shape index (κ3) is 9.06. The number of rotatable bonds is 13. The third-order valence-corrected chi connectivity index (χ3v) is 9.03. The number of para-hydroxylation sites is 1. The molecular formula is C37H34N4O6S2. The summed E-state index contributed by atoms with van der Waals surface area (Å²) in [5, 5.41) is 10.4. The second kappa shape index (κ2) is 16.5. The summed E-state index contributed by atoms with van der Waals surface area (Å²) in [5.41, 5.74) is 3.12. The number of nitrogens with one attached hydrogen (secondary N) is 3. The Morgan fingerprint density at radius 1 is 0.796 bits per heavy atom. The Morgan fingerprint density at radius 3 is 2.20 bits per heavy atom. The zero-order chi connectivity index (χ0) is 34.8. The van der Waals surface area contributed by atoms with Gasteiger partial charge in [-0.3, -0.25) is 14.4 Å². The molecule has 0 aliphatic carbocycles. The Kier molecular flexibility index (Phi) is 11.7. The van der Waals surface area contributed by atoms with Gasteiger partial charge < -0.3 is 30.2 Å². The average molecular weight is 695 g/mol. The molecular weight excluding hydrogens is 661 g/mol. The number of aromatic nitrogens is 1. The smallest absolute Gasteiger partial charge is 0.272 e. The van der Waals surface area contributed by atoms with Crippen molar-refractivity contribution in [1.29, 1.82) is 0 Å². The standard InChI is InChI=1S/C37H34N4O6S2/c1-23(34(42)41-37-40-30(22-48-37)28-12-8-9-13-31(28)45-2)49-27-17-15-26(16-18-27)38-36(44)29(39-35(43)25-10-6-5-7-11-25)20-24-14-19-32(46-3)33(21-24)47-4/h5-23H,1-4H3,(H,38,44)(H,39,43)(H,40,41,42)/b29-20-. The maximum atomic E-state index is 13.5. The predicted molar refractivity (Wildman–Crippen MR) is 195 cm³/mol. The molecule has 5 rings (SSSR count). The monoisotopic (exact) mass is 694 g/mol. The number of nitrogens with zero attached hydrogens (tertiary/aromatic N) is 1. The molecule has 0 fully saturated rings. The summed E-state index contributed by atoms with van der Waals surface area (Å²) in [6.07, 6.45) is 1.56. The molecule has 49 heavy (non-hydrogen) atoms. The van der Waals surface area contributed by atoms with Crippen LogP contribution in [0.4, 0.5) is 10.8 Å². The van der Waals surface area contributed by atoms with E-state index in [0.717, 1.165) is 16.2 Å². The first kappa shape index (κ1) is 34.7. The number of carbonyl (C=O) groups is 3.